The molecule has 7 rings (SSSR count). The van der Waals surface area contributed by atoms with Gasteiger partial charge in [0.25, 0.3) is 0 Å². The second-order valence-electron chi connectivity index (χ2n) is 9.63. The van der Waals surface area contributed by atoms with Crippen molar-refractivity contribution in [1.29, 1.82) is 0 Å². The fourth-order valence-electron chi connectivity index (χ4n) is 5.78. The lowest BCUT2D eigenvalue weighted by molar-refractivity contribution is -0.135. The Morgan fingerprint density at radius 1 is 1.26 bits per heavy atom. The highest BCUT2D eigenvalue weighted by molar-refractivity contribution is 7.91. The lowest BCUT2D eigenvalue weighted by Gasteiger charge is -2.44. The van der Waals surface area contributed by atoms with E-state index in [2.05, 4.69) is 22.4 Å². The molecule has 1 N–H and O–H groups in total. The summed E-state index contributed by atoms with van der Waals surface area (Å²) in [7, 11) is 1.43. The smallest absolute Gasteiger partial charge is 0.337 e. The number of nitrogens with zero attached hydrogens (tertiary/aromatic N) is 3. The minimum atomic E-state index is -1.04. The number of allylic oxidation sites excluding steroid dienone is 2. The molecule has 1 aromatic heterocycles. The van der Waals surface area contributed by atoms with Crippen molar-refractivity contribution in [2.75, 3.05) is 49.4 Å². The van der Waals surface area contributed by atoms with Crippen molar-refractivity contribution in [2.45, 2.75) is 43.0 Å². The van der Waals surface area contributed by atoms with Gasteiger partial charge in [-0.15, -0.1) is 0 Å². The van der Waals surface area contributed by atoms with Crippen molar-refractivity contribution in [3.05, 3.63) is 40.6 Å². The zero-order chi connectivity index (χ0) is 23.2. The molecule has 4 heterocycles. The summed E-state index contributed by atoms with van der Waals surface area (Å²) in [6.07, 6.45) is 11.0. The summed E-state index contributed by atoms with van der Waals surface area (Å²) in [6.45, 7) is 3.11. The summed E-state index contributed by atoms with van der Waals surface area (Å²) in [4.78, 5) is 24.6. The summed E-state index contributed by atoms with van der Waals surface area (Å²) < 4.78 is 23.0. The average Bonchev–Trinajstić information content (AvgIpc) is 3.25. The van der Waals surface area contributed by atoms with Crippen LogP contribution in [0.2, 0.25) is 0 Å². The van der Waals surface area contributed by atoms with Crippen LogP contribution in [0, 0.1) is 11.8 Å². The maximum Gasteiger partial charge on any atom is 0.337 e. The Morgan fingerprint density at radius 2 is 2.12 bits per heavy atom. The molecule has 1 saturated heterocycles. The summed E-state index contributed by atoms with van der Waals surface area (Å²) in [5, 5.41) is 3.56. The molecule has 2 bridgehead atoms. The molecule has 8 nitrogen and oxygen atoms in total. The van der Waals surface area contributed by atoms with Gasteiger partial charge in [-0.25, -0.2) is 9.78 Å². The molecule has 1 saturated carbocycles. The highest BCUT2D eigenvalue weighted by Crippen LogP contribution is 2.50. The number of ether oxygens (including phenoxy) is 2. The van der Waals surface area contributed by atoms with Crippen molar-refractivity contribution in [2.24, 2.45) is 11.8 Å². The molecule has 0 amide bonds. The Morgan fingerprint density at radius 3 is 2.82 bits per heavy atom. The lowest BCUT2D eigenvalue weighted by atomic mass is 9.61. The van der Waals surface area contributed by atoms with Gasteiger partial charge in [0.15, 0.2) is 5.82 Å². The second kappa shape index (κ2) is 9.02. The van der Waals surface area contributed by atoms with Gasteiger partial charge in [-0.1, -0.05) is 23.3 Å². The maximum absolute atomic E-state index is 12.7. The van der Waals surface area contributed by atoms with Crippen LogP contribution in [0.15, 0.2) is 39.8 Å². The van der Waals surface area contributed by atoms with E-state index in [4.69, 9.17) is 19.4 Å². The van der Waals surface area contributed by atoms with Crippen LogP contribution < -0.4 is 10.2 Å². The van der Waals surface area contributed by atoms with Gasteiger partial charge >= 0.3 is 5.97 Å². The van der Waals surface area contributed by atoms with E-state index in [-0.39, 0.29) is 5.97 Å². The Hall–Kier alpha value is -2.36. The van der Waals surface area contributed by atoms with Gasteiger partial charge in [0.1, 0.15) is 11.4 Å². The Kier molecular flexibility index (Phi) is 5.87. The minimum absolute atomic E-state index is 0.246. The van der Waals surface area contributed by atoms with Crippen LogP contribution in [-0.2, 0) is 31.9 Å². The molecule has 180 valence electrons. The van der Waals surface area contributed by atoms with Crippen LogP contribution in [0.3, 0.4) is 0 Å². The second-order valence-corrected chi connectivity index (χ2v) is 11.1. The van der Waals surface area contributed by atoms with Gasteiger partial charge in [-0.05, 0) is 48.9 Å². The first kappa shape index (κ1) is 22.1. The number of nitrogens with one attached hydrogen (secondary N) is 1. The van der Waals surface area contributed by atoms with E-state index in [9.17, 15) is 9.35 Å². The van der Waals surface area contributed by atoms with Crippen LogP contribution in [-0.4, -0.2) is 65.7 Å². The first-order valence-electron chi connectivity index (χ1n) is 12.2. The number of aromatic nitrogens is 2. The van der Waals surface area contributed by atoms with Gasteiger partial charge < -0.3 is 24.2 Å². The molecule has 3 aliphatic heterocycles. The third-order valence-electron chi connectivity index (χ3n) is 7.62. The quantitative estimate of drug-likeness (QED) is 0.388. The molecule has 0 spiro atoms. The van der Waals surface area contributed by atoms with E-state index in [1.54, 1.807) is 0 Å². The monoisotopic (exact) mass is 482 g/mol. The number of fused-ring (bicyclic) bond motifs is 2. The van der Waals surface area contributed by atoms with E-state index in [0.29, 0.717) is 29.2 Å². The normalized spacial score (nSPS) is 28.4. The van der Waals surface area contributed by atoms with E-state index in [1.807, 2.05) is 6.08 Å². The molecule has 0 aromatic carbocycles. The first-order chi connectivity index (χ1) is 16.6. The van der Waals surface area contributed by atoms with E-state index in [1.165, 1.54) is 18.3 Å². The van der Waals surface area contributed by atoms with Crippen molar-refractivity contribution < 1.29 is 18.8 Å². The first-order valence-corrected chi connectivity index (χ1v) is 13.5. The fraction of sp³-hybridized carbons (Fsp3) is 0.560. The molecule has 0 radical (unpaired) electrons. The minimum Gasteiger partial charge on any atom is -0.611 e. The van der Waals surface area contributed by atoms with Gasteiger partial charge in [-0.2, -0.15) is 4.98 Å². The molecule has 3 atom stereocenters. The maximum atomic E-state index is 12.7. The van der Waals surface area contributed by atoms with E-state index in [0.717, 1.165) is 80.8 Å². The zero-order valence-electron chi connectivity index (χ0n) is 19.4. The number of carbonyl (C=O) groups excluding carboxylic acids is 1. The van der Waals surface area contributed by atoms with Crippen LogP contribution in [0.5, 0.6) is 0 Å². The molecule has 6 aliphatic rings. The molecule has 9 heteroatoms. The lowest BCUT2D eigenvalue weighted by Crippen LogP contribution is -2.38. The third-order valence-corrected chi connectivity index (χ3v) is 9.08. The molecule has 2 fully saturated rings. The Labute approximate surface area is 202 Å². The standard InChI is InChI=1S/C25H30N4O4S/c1-32-24(30)18-13-16-12-17(14-18)21(16)15-2-7-29(8-3-15)25-27-20-6-11-34(31)22(20)23(28-25)26-19-4-9-33-10-5-19/h2,13-14,16,19,21H,3-12H2,1H3,(H,26,27,28). The Bertz CT molecular complexity index is 1090. The van der Waals surface area contributed by atoms with E-state index >= 15 is 0 Å². The molecule has 34 heavy (non-hydrogen) atoms. The molecule has 3 aliphatic carbocycles. The largest absolute Gasteiger partial charge is 0.611 e. The summed E-state index contributed by atoms with van der Waals surface area (Å²) in [5.74, 6) is 2.67. The Balaban J connectivity index is 1.19. The number of hydrogen-bond acceptors (Lipinski definition) is 8. The summed E-state index contributed by atoms with van der Waals surface area (Å²) >= 11 is -1.04. The topological polar surface area (TPSA) is 99.6 Å². The van der Waals surface area contributed by atoms with Crippen molar-refractivity contribution >= 4 is 28.9 Å². The van der Waals surface area contributed by atoms with Crippen molar-refractivity contribution in [3.8, 4) is 0 Å². The van der Waals surface area contributed by atoms with Gasteiger partial charge in [0, 0.05) is 44.7 Å². The van der Waals surface area contributed by atoms with E-state index < -0.39 is 11.2 Å². The van der Waals surface area contributed by atoms with Crippen LogP contribution in [0.4, 0.5) is 11.8 Å². The van der Waals surface area contributed by atoms with Crippen LogP contribution in [0.1, 0.15) is 31.4 Å². The average molecular weight is 483 g/mol. The van der Waals surface area contributed by atoms with Crippen molar-refractivity contribution in [1.82, 2.24) is 9.97 Å². The van der Waals surface area contributed by atoms with Crippen LogP contribution in [0.25, 0.3) is 0 Å². The predicted octanol–water partition coefficient (Wildman–Crippen LogP) is 2.54. The molecule has 1 aromatic rings. The van der Waals surface area contributed by atoms with Gasteiger partial charge in [0.2, 0.25) is 10.8 Å². The number of hydrogen-bond donors (Lipinski definition) is 1. The van der Waals surface area contributed by atoms with Crippen molar-refractivity contribution in [3.63, 3.8) is 0 Å². The highest BCUT2D eigenvalue weighted by atomic mass is 32.2. The number of rotatable bonds is 5. The SMILES string of the molecule is COC(=O)C1=CC2CC(=C1)C2C1=CCN(c2nc3c(c(NC4CCOCC4)n2)[S+]([O-])CC3)CC1. The third kappa shape index (κ3) is 3.93. The van der Waals surface area contributed by atoms with Gasteiger partial charge in [0.05, 0.1) is 12.7 Å². The van der Waals surface area contributed by atoms with Crippen LogP contribution >= 0.6 is 0 Å². The number of carbonyl (C=O) groups is 1. The molecule has 3 unspecified atom stereocenters. The zero-order valence-corrected chi connectivity index (χ0v) is 20.2. The number of methoxy groups -OCH3 is 1. The van der Waals surface area contributed by atoms with Gasteiger partial charge in [-0.3, -0.25) is 0 Å². The summed E-state index contributed by atoms with van der Waals surface area (Å²) in [5.41, 5.74) is 4.40. The fourth-order valence-corrected chi connectivity index (χ4v) is 7.09. The highest BCUT2D eigenvalue weighted by Gasteiger charge is 2.41. The number of anilines is 2. The predicted molar refractivity (Wildman–Crippen MR) is 129 cm³/mol. The number of aryl methyl sites for hydroxylation is 1. The summed E-state index contributed by atoms with van der Waals surface area (Å²) in [6, 6.07) is 0.292. The number of esters is 1. The molecular weight excluding hydrogens is 452 g/mol. The molecular formula is C25H30N4O4S.